The van der Waals surface area contributed by atoms with Crippen LogP contribution in [0.1, 0.15) is 53.7 Å². The zero-order chi connectivity index (χ0) is 17.4. The molecule has 7 heteroatoms. The van der Waals surface area contributed by atoms with E-state index in [1.807, 2.05) is 20.8 Å². The largest absolute Gasteiger partial charge is 0.444 e. The van der Waals surface area contributed by atoms with Crippen LogP contribution in [0.3, 0.4) is 0 Å². The van der Waals surface area contributed by atoms with Crippen LogP contribution >= 0.6 is 0 Å². The van der Waals surface area contributed by atoms with E-state index in [1.165, 1.54) is 4.90 Å². The number of carbonyl (C=O) groups excluding carboxylic acids is 2. The van der Waals surface area contributed by atoms with Crippen LogP contribution in [0, 0.1) is 0 Å². The van der Waals surface area contributed by atoms with E-state index in [0.29, 0.717) is 24.5 Å². The van der Waals surface area contributed by atoms with Gasteiger partial charge in [0.15, 0.2) is 5.82 Å². The van der Waals surface area contributed by atoms with Gasteiger partial charge in [-0.05, 0) is 27.2 Å². The summed E-state index contributed by atoms with van der Waals surface area (Å²) < 4.78 is 10.5. The maximum atomic E-state index is 12.3. The number of likely N-dealkylation sites (tertiary alicyclic amines) is 1. The Bertz CT molecular complexity index is 595. The first kappa shape index (κ1) is 17.3. The van der Waals surface area contributed by atoms with Gasteiger partial charge in [-0.25, -0.2) is 4.79 Å². The fraction of sp³-hybridized carbons (Fsp3) is 0.688. The van der Waals surface area contributed by atoms with Crippen LogP contribution in [-0.2, 0) is 14.9 Å². The Morgan fingerprint density at radius 3 is 2.39 bits per heavy atom. The van der Waals surface area contributed by atoms with Crippen LogP contribution in [0.5, 0.6) is 0 Å². The summed E-state index contributed by atoms with van der Waals surface area (Å²) in [6, 6.07) is 1.17. The Hall–Kier alpha value is -2.05. The lowest BCUT2D eigenvalue weighted by atomic mass is 9.93. The van der Waals surface area contributed by atoms with Crippen molar-refractivity contribution in [3.05, 3.63) is 11.8 Å². The van der Waals surface area contributed by atoms with Gasteiger partial charge in [0.25, 0.3) is 0 Å². The van der Waals surface area contributed by atoms with Crippen molar-refractivity contribution >= 4 is 17.8 Å². The lowest BCUT2D eigenvalue weighted by Gasteiger charge is -2.39. The molecule has 7 nitrogen and oxygen atoms in total. The lowest BCUT2D eigenvalue weighted by Crippen LogP contribution is -2.57. The Morgan fingerprint density at radius 2 is 1.96 bits per heavy atom. The maximum absolute atomic E-state index is 12.3. The van der Waals surface area contributed by atoms with Gasteiger partial charge in [0, 0.05) is 18.0 Å². The minimum Gasteiger partial charge on any atom is -0.444 e. The average molecular weight is 323 g/mol. The first-order valence-electron chi connectivity index (χ1n) is 7.75. The number of carbonyl (C=O) groups is 2. The quantitative estimate of drug-likeness (QED) is 0.904. The Morgan fingerprint density at radius 1 is 1.30 bits per heavy atom. The molecule has 1 aliphatic heterocycles. The molecule has 0 bridgehead atoms. The number of amides is 2. The van der Waals surface area contributed by atoms with Crippen molar-refractivity contribution in [2.75, 3.05) is 11.9 Å². The summed E-state index contributed by atoms with van der Waals surface area (Å²) in [4.78, 5) is 25.7. The van der Waals surface area contributed by atoms with Crippen LogP contribution in [0.15, 0.2) is 10.6 Å². The molecule has 1 aromatic rings. The maximum Gasteiger partial charge on any atom is 0.410 e. The van der Waals surface area contributed by atoms with Crippen LogP contribution in [0.4, 0.5) is 10.6 Å². The number of aromatic nitrogens is 1. The fourth-order valence-corrected chi connectivity index (χ4v) is 2.10. The van der Waals surface area contributed by atoms with Gasteiger partial charge in [-0.1, -0.05) is 25.9 Å². The van der Waals surface area contributed by atoms with Gasteiger partial charge in [0.05, 0.1) is 0 Å². The van der Waals surface area contributed by atoms with Gasteiger partial charge < -0.3 is 14.6 Å². The van der Waals surface area contributed by atoms with E-state index >= 15 is 0 Å². The van der Waals surface area contributed by atoms with Crippen LogP contribution in [0.25, 0.3) is 0 Å². The summed E-state index contributed by atoms with van der Waals surface area (Å²) in [5.41, 5.74) is -0.767. The second kappa shape index (κ2) is 5.86. The molecule has 0 unspecified atom stereocenters. The topological polar surface area (TPSA) is 84.7 Å². The summed E-state index contributed by atoms with van der Waals surface area (Å²) in [5, 5.41) is 6.54. The van der Waals surface area contributed by atoms with E-state index in [2.05, 4.69) is 10.5 Å². The van der Waals surface area contributed by atoms with Crippen LogP contribution in [-0.4, -0.2) is 40.2 Å². The molecule has 0 radical (unpaired) electrons. The Labute approximate surface area is 136 Å². The number of nitrogens with one attached hydrogen (secondary N) is 1. The van der Waals surface area contributed by atoms with E-state index < -0.39 is 17.7 Å². The highest BCUT2D eigenvalue weighted by molar-refractivity contribution is 5.96. The zero-order valence-corrected chi connectivity index (χ0v) is 14.6. The predicted molar refractivity (Wildman–Crippen MR) is 85.2 cm³/mol. The number of hydrogen-bond donors (Lipinski definition) is 1. The summed E-state index contributed by atoms with van der Waals surface area (Å²) in [6.45, 7) is 11.9. The molecule has 2 amide bonds. The second-order valence-electron chi connectivity index (χ2n) is 7.79. The third-order valence-electron chi connectivity index (χ3n) is 3.45. The molecule has 1 aromatic heterocycles. The van der Waals surface area contributed by atoms with Crippen molar-refractivity contribution in [2.24, 2.45) is 0 Å². The lowest BCUT2D eigenvalue weighted by molar-refractivity contribution is -0.125. The first-order valence-corrected chi connectivity index (χ1v) is 7.75. The summed E-state index contributed by atoms with van der Waals surface area (Å²) in [5.74, 6) is 0.761. The third kappa shape index (κ3) is 4.24. The minimum atomic E-state index is -0.582. The first-order chi connectivity index (χ1) is 10.5. The zero-order valence-electron chi connectivity index (χ0n) is 14.6. The molecule has 0 saturated carbocycles. The van der Waals surface area contributed by atoms with Gasteiger partial charge >= 0.3 is 6.09 Å². The number of nitrogens with zero attached hydrogens (tertiary/aromatic N) is 2. The van der Waals surface area contributed by atoms with Gasteiger partial charge in [0.1, 0.15) is 17.4 Å². The van der Waals surface area contributed by atoms with E-state index in [1.54, 1.807) is 26.8 Å². The highest BCUT2D eigenvalue weighted by Gasteiger charge is 2.40. The van der Waals surface area contributed by atoms with Crippen molar-refractivity contribution in [1.82, 2.24) is 10.1 Å². The van der Waals surface area contributed by atoms with Crippen molar-refractivity contribution in [1.29, 1.82) is 0 Å². The second-order valence-corrected chi connectivity index (χ2v) is 7.79. The molecule has 2 rings (SSSR count). The molecule has 0 aromatic carbocycles. The molecular weight excluding hydrogens is 298 g/mol. The van der Waals surface area contributed by atoms with Gasteiger partial charge in [-0.2, -0.15) is 0 Å². The van der Waals surface area contributed by atoms with Crippen molar-refractivity contribution in [2.45, 2.75) is 65.0 Å². The molecule has 23 heavy (non-hydrogen) atoms. The molecule has 1 aliphatic rings. The minimum absolute atomic E-state index is 0.186. The summed E-state index contributed by atoms with van der Waals surface area (Å²) in [7, 11) is 0. The predicted octanol–water partition coefficient (Wildman–Crippen LogP) is 2.92. The Balaban J connectivity index is 1.96. The fourth-order valence-electron chi connectivity index (χ4n) is 2.10. The number of anilines is 1. The highest BCUT2D eigenvalue weighted by Crippen LogP contribution is 2.26. The SMILES string of the molecule is CC(C)(C)OC(=O)N1CC[C@H]1C(=O)Nc1cc(C(C)(C)C)on1. The molecule has 1 atom stereocenters. The molecule has 1 saturated heterocycles. The summed E-state index contributed by atoms with van der Waals surface area (Å²) >= 11 is 0. The van der Waals surface area contributed by atoms with Gasteiger partial charge in [0.2, 0.25) is 5.91 Å². The molecule has 1 N–H and O–H groups in total. The number of ether oxygens (including phenoxy) is 1. The van der Waals surface area contributed by atoms with Gasteiger partial charge in [-0.3, -0.25) is 9.69 Å². The molecule has 1 fully saturated rings. The molecule has 2 heterocycles. The van der Waals surface area contributed by atoms with E-state index in [4.69, 9.17) is 9.26 Å². The van der Waals surface area contributed by atoms with Crippen LogP contribution < -0.4 is 5.32 Å². The van der Waals surface area contributed by atoms with Crippen LogP contribution in [0.2, 0.25) is 0 Å². The normalized spacial score (nSPS) is 18.3. The van der Waals surface area contributed by atoms with Crippen molar-refractivity contribution in [3.63, 3.8) is 0 Å². The Kier molecular flexibility index (Phi) is 4.41. The molecule has 128 valence electrons. The molecular formula is C16H25N3O4. The smallest absolute Gasteiger partial charge is 0.410 e. The number of hydrogen-bond acceptors (Lipinski definition) is 5. The standard InChI is InChI=1S/C16H25N3O4/c1-15(2,3)11-9-12(18-23-11)17-13(20)10-7-8-19(10)14(21)22-16(4,5)6/h9-10H,7-8H2,1-6H3,(H,17,18,20)/t10-/m0/s1. The van der Waals surface area contributed by atoms with E-state index in [-0.39, 0.29) is 11.3 Å². The van der Waals surface area contributed by atoms with E-state index in [9.17, 15) is 9.59 Å². The highest BCUT2D eigenvalue weighted by atomic mass is 16.6. The average Bonchev–Trinajstić information content (AvgIpc) is 2.72. The molecule has 0 aliphatic carbocycles. The van der Waals surface area contributed by atoms with E-state index in [0.717, 1.165) is 0 Å². The van der Waals surface area contributed by atoms with Gasteiger partial charge in [-0.15, -0.1) is 0 Å². The van der Waals surface area contributed by atoms with Crippen molar-refractivity contribution < 1.29 is 18.8 Å². The number of rotatable bonds is 2. The third-order valence-corrected chi connectivity index (χ3v) is 3.45. The van der Waals surface area contributed by atoms with Crippen molar-refractivity contribution in [3.8, 4) is 0 Å². The summed E-state index contributed by atoms with van der Waals surface area (Å²) in [6.07, 6.45) is 0.133. The molecule has 0 spiro atoms. The monoisotopic (exact) mass is 323 g/mol.